The highest BCUT2D eigenvalue weighted by atomic mass is 32.2. The van der Waals surface area contributed by atoms with Crippen molar-refractivity contribution in [3.05, 3.63) is 35.9 Å². The van der Waals surface area contributed by atoms with Crippen LogP contribution in [0.3, 0.4) is 0 Å². The lowest BCUT2D eigenvalue weighted by atomic mass is 10.2. The summed E-state index contributed by atoms with van der Waals surface area (Å²) in [7, 11) is 0. The first kappa shape index (κ1) is 16.5. The van der Waals surface area contributed by atoms with Crippen molar-refractivity contribution in [3.8, 4) is 0 Å². The Hall–Kier alpha value is -1.82. The third kappa shape index (κ3) is 4.34. The van der Waals surface area contributed by atoms with Crippen molar-refractivity contribution in [2.24, 2.45) is 0 Å². The molecule has 0 saturated carbocycles. The van der Waals surface area contributed by atoms with Crippen LogP contribution in [0.1, 0.15) is 36.0 Å². The fourth-order valence-electron chi connectivity index (χ4n) is 2.51. The summed E-state index contributed by atoms with van der Waals surface area (Å²) < 4.78 is 0. The van der Waals surface area contributed by atoms with Crippen molar-refractivity contribution in [1.82, 2.24) is 4.90 Å². The topological polar surface area (TPSA) is 74.7 Å². The van der Waals surface area contributed by atoms with Crippen molar-refractivity contribution in [2.75, 3.05) is 12.3 Å². The molecule has 0 spiro atoms. The van der Waals surface area contributed by atoms with Gasteiger partial charge < -0.3 is 10.0 Å². The Labute approximate surface area is 133 Å². The summed E-state index contributed by atoms with van der Waals surface area (Å²) in [5.74, 6) is -0.498. The number of hydrogen-bond donors (Lipinski definition) is 1. The lowest BCUT2D eigenvalue weighted by Gasteiger charge is -2.21. The second kappa shape index (κ2) is 7.98. The van der Waals surface area contributed by atoms with Gasteiger partial charge in [-0.05, 0) is 19.3 Å². The summed E-state index contributed by atoms with van der Waals surface area (Å²) in [5.41, 5.74) is 0.657. The highest BCUT2D eigenvalue weighted by Gasteiger charge is 2.33. The van der Waals surface area contributed by atoms with Crippen LogP contribution in [-0.2, 0) is 9.59 Å². The number of hydrogen-bond acceptors (Lipinski definition) is 4. The molecule has 1 heterocycles. The fourth-order valence-corrected chi connectivity index (χ4v) is 3.29. The molecule has 1 aromatic carbocycles. The number of amides is 1. The highest BCUT2D eigenvalue weighted by molar-refractivity contribution is 8.14. The number of benzene rings is 1. The Morgan fingerprint density at radius 3 is 2.64 bits per heavy atom. The number of carboxylic acid groups (broad SMARTS) is 1. The third-order valence-corrected chi connectivity index (χ3v) is 4.63. The Morgan fingerprint density at radius 2 is 1.95 bits per heavy atom. The van der Waals surface area contributed by atoms with E-state index < -0.39 is 12.0 Å². The molecule has 0 bridgehead atoms. The molecule has 2 rings (SSSR count). The Morgan fingerprint density at radius 1 is 1.23 bits per heavy atom. The third-order valence-electron chi connectivity index (χ3n) is 3.64. The van der Waals surface area contributed by atoms with Gasteiger partial charge in [0, 0.05) is 24.3 Å². The van der Waals surface area contributed by atoms with E-state index in [1.807, 2.05) is 18.2 Å². The number of likely N-dealkylation sites (tertiary alicyclic amines) is 1. The van der Waals surface area contributed by atoms with E-state index in [4.69, 9.17) is 5.11 Å². The number of carbonyl (C=O) groups is 3. The van der Waals surface area contributed by atoms with Gasteiger partial charge >= 0.3 is 5.97 Å². The summed E-state index contributed by atoms with van der Waals surface area (Å²) in [6.07, 6.45) is 2.13. The van der Waals surface area contributed by atoms with Gasteiger partial charge in [0.1, 0.15) is 6.04 Å². The first-order valence-electron chi connectivity index (χ1n) is 7.34. The smallest absolute Gasteiger partial charge is 0.326 e. The first-order valence-corrected chi connectivity index (χ1v) is 8.32. The van der Waals surface area contributed by atoms with Crippen LogP contribution in [0.25, 0.3) is 0 Å². The molecule has 1 fully saturated rings. The lowest BCUT2D eigenvalue weighted by molar-refractivity contribution is -0.148. The average molecular weight is 321 g/mol. The molecule has 0 aromatic heterocycles. The van der Waals surface area contributed by atoms with Crippen LogP contribution in [0.5, 0.6) is 0 Å². The summed E-state index contributed by atoms with van der Waals surface area (Å²) in [4.78, 5) is 36.4. The maximum Gasteiger partial charge on any atom is 0.326 e. The highest BCUT2D eigenvalue weighted by Crippen LogP contribution is 2.20. The van der Waals surface area contributed by atoms with Crippen molar-refractivity contribution < 1.29 is 19.5 Å². The molecule has 1 atom stereocenters. The normalized spacial score (nSPS) is 17.5. The molecule has 22 heavy (non-hydrogen) atoms. The van der Waals surface area contributed by atoms with Gasteiger partial charge in [0.2, 0.25) is 11.0 Å². The van der Waals surface area contributed by atoms with Gasteiger partial charge in [-0.2, -0.15) is 0 Å². The van der Waals surface area contributed by atoms with E-state index >= 15 is 0 Å². The van der Waals surface area contributed by atoms with Gasteiger partial charge in [-0.1, -0.05) is 42.1 Å². The van der Waals surface area contributed by atoms with Gasteiger partial charge in [-0.3, -0.25) is 9.59 Å². The molecule has 5 nitrogen and oxygen atoms in total. The molecule has 1 aliphatic rings. The second-order valence-corrected chi connectivity index (χ2v) is 6.26. The molecular weight excluding hydrogens is 302 g/mol. The van der Waals surface area contributed by atoms with E-state index in [2.05, 4.69) is 0 Å². The van der Waals surface area contributed by atoms with Crippen molar-refractivity contribution in [3.63, 3.8) is 0 Å². The SMILES string of the molecule is O=C(SCCCC(=O)N1CCC[C@H]1C(=O)O)c1ccccc1. The summed E-state index contributed by atoms with van der Waals surface area (Å²) in [5, 5.41) is 9.06. The van der Waals surface area contributed by atoms with Crippen LogP contribution in [0.2, 0.25) is 0 Å². The van der Waals surface area contributed by atoms with Crippen LogP contribution in [0.4, 0.5) is 0 Å². The molecule has 1 N–H and O–H groups in total. The zero-order chi connectivity index (χ0) is 15.9. The van der Waals surface area contributed by atoms with Crippen LogP contribution >= 0.6 is 11.8 Å². The number of rotatable bonds is 6. The van der Waals surface area contributed by atoms with Crippen LogP contribution in [0, 0.1) is 0 Å². The number of carboxylic acids is 1. The van der Waals surface area contributed by atoms with Crippen LogP contribution in [0.15, 0.2) is 30.3 Å². The van der Waals surface area contributed by atoms with Gasteiger partial charge in [0.05, 0.1) is 0 Å². The number of thioether (sulfide) groups is 1. The van der Waals surface area contributed by atoms with E-state index in [1.165, 1.54) is 16.7 Å². The van der Waals surface area contributed by atoms with E-state index in [0.717, 1.165) is 6.42 Å². The molecule has 1 aromatic rings. The molecule has 0 aliphatic carbocycles. The van der Waals surface area contributed by atoms with E-state index in [9.17, 15) is 14.4 Å². The van der Waals surface area contributed by atoms with Crippen molar-refractivity contribution in [1.29, 1.82) is 0 Å². The maximum atomic E-state index is 12.0. The van der Waals surface area contributed by atoms with Crippen LogP contribution in [-0.4, -0.2) is 45.3 Å². The molecule has 6 heteroatoms. The van der Waals surface area contributed by atoms with Crippen LogP contribution < -0.4 is 0 Å². The Kier molecular flexibility index (Phi) is 6.00. The van der Waals surface area contributed by atoms with Gasteiger partial charge in [0.25, 0.3) is 0 Å². The minimum atomic E-state index is -0.931. The molecular formula is C16H19NO4S. The van der Waals surface area contributed by atoms with Gasteiger partial charge in [-0.25, -0.2) is 4.79 Å². The van der Waals surface area contributed by atoms with E-state index in [-0.39, 0.29) is 11.0 Å². The van der Waals surface area contributed by atoms with Crippen molar-refractivity contribution in [2.45, 2.75) is 31.7 Å². The quantitative estimate of drug-likeness (QED) is 0.814. The molecule has 0 radical (unpaired) electrons. The summed E-state index contributed by atoms with van der Waals surface area (Å²) >= 11 is 1.20. The zero-order valence-electron chi connectivity index (χ0n) is 12.2. The molecule has 1 amide bonds. The standard InChI is InChI=1S/C16H19NO4S/c18-14(17-10-4-8-13(17)15(19)20)9-5-11-22-16(21)12-6-2-1-3-7-12/h1-3,6-7,13H,4-5,8-11H2,(H,19,20)/t13-/m0/s1. The second-order valence-electron chi connectivity index (χ2n) is 5.19. The summed E-state index contributed by atoms with van der Waals surface area (Å²) in [6.45, 7) is 0.520. The molecule has 118 valence electrons. The Balaban J connectivity index is 1.71. The fraction of sp³-hybridized carbons (Fsp3) is 0.438. The largest absolute Gasteiger partial charge is 0.480 e. The van der Waals surface area contributed by atoms with Gasteiger partial charge in [0.15, 0.2) is 0 Å². The predicted molar refractivity (Wildman–Crippen MR) is 84.8 cm³/mol. The minimum absolute atomic E-state index is 0.00219. The predicted octanol–water partition coefficient (Wildman–Crippen LogP) is 2.42. The Bertz CT molecular complexity index is 546. The minimum Gasteiger partial charge on any atom is -0.480 e. The molecule has 1 saturated heterocycles. The lowest BCUT2D eigenvalue weighted by Crippen LogP contribution is -2.40. The first-order chi connectivity index (χ1) is 10.6. The summed E-state index contributed by atoms with van der Waals surface area (Å²) in [6, 6.07) is 8.35. The maximum absolute atomic E-state index is 12.0. The monoisotopic (exact) mass is 321 g/mol. The number of aliphatic carboxylic acids is 1. The molecule has 1 aliphatic heterocycles. The van der Waals surface area contributed by atoms with E-state index in [0.29, 0.717) is 37.1 Å². The average Bonchev–Trinajstić information content (AvgIpc) is 3.02. The number of carbonyl (C=O) groups excluding carboxylic acids is 2. The van der Waals surface area contributed by atoms with E-state index in [1.54, 1.807) is 12.1 Å². The zero-order valence-corrected chi connectivity index (χ0v) is 13.1. The van der Waals surface area contributed by atoms with Crippen molar-refractivity contribution >= 4 is 28.8 Å². The molecule has 0 unspecified atom stereocenters. The van der Waals surface area contributed by atoms with Gasteiger partial charge in [-0.15, -0.1) is 0 Å². The number of nitrogens with zero attached hydrogens (tertiary/aromatic N) is 1.